The highest BCUT2D eigenvalue weighted by atomic mass is 16.5. The van der Waals surface area contributed by atoms with Crippen molar-refractivity contribution in [1.82, 2.24) is 4.90 Å². The van der Waals surface area contributed by atoms with E-state index in [2.05, 4.69) is 0 Å². The van der Waals surface area contributed by atoms with Crippen molar-refractivity contribution in [3.05, 3.63) is 30.4 Å². The van der Waals surface area contributed by atoms with Gasteiger partial charge in [-0.15, -0.1) is 0 Å². The van der Waals surface area contributed by atoms with Crippen molar-refractivity contribution in [2.24, 2.45) is 0 Å². The Kier molecular flexibility index (Phi) is 3.38. The van der Waals surface area contributed by atoms with E-state index in [9.17, 15) is 9.90 Å². The number of aliphatic hydroxyl groups excluding tert-OH is 1. The van der Waals surface area contributed by atoms with E-state index in [1.54, 1.807) is 18.2 Å². The molecule has 1 aromatic rings. The monoisotopic (exact) mass is 249 g/mol. The second-order valence-electron chi connectivity index (χ2n) is 3.95. The van der Waals surface area contributed by atoms with E-state index in [0.29, 0.717) is 17.1 Å². The Morgan fingerprint density at radius 2 is 2.17 bits per heavy atom. The first-order valence-corrected chi connectivity index (χ1v) is 5.52. The molecule has 1 aliphatic heterocycles. The third-order valence-electron chi connectivity index (χ3n) is 2.64. The Morgan fingerprint density at radius 3 is 2.78 bits per heavy atom. The predicted octanol–water partition coefficient (Wildman–Crippen LogP) is -0.0534. The van der Waals surface area contributed by atoms with E-state index in [1.165, 1.54) is 17.1 Å². The van der Waals surface area contributed by atoms with Crippen LogP contribution in [0.5, 0.6) is 5.75 Å². The smallest absolute Gasteiger partial charge is 0.248 e. The summed E-state index contributed by atoms with van der Waals surface area (Å²) in [7, 11) is 0. The quantitative estimate of drug-likeness (QED) is 0.649. The van der Waals surface area contributed by atoms with Crippen LogP contribution >= 0.6 is 0 Å². The largest absolute Gasteiger partial charge is 0.490 e. The number of hydrogen-bond acceptors (Lipinski definition) is 5. The Labute approximate surface area is 104 Å². The molecule has 18 heavy (non-hydrogen) atoms. The van der Waals surface area contributed by atoms with E-state index in [1.807, 2.05) is 0 Å². The van der Waals surface area contributed by atoms with Crippen LogP contribution in [0.4, 0.5) is 11.4 Å². The van der Waals surface area contributed by atoms with E-state index in [4.69, 9.17) is 16.2 Å². The summed E-state index contributed by atoms with van der Waals surface area (Å²) >= 11 is 0. The molecule has 6 heteroatoms. The fourth-order valence-electron chi connectivity index (χ4n) is 1.69. The molecule has 0 saturated carbocycles. The molecular weight excluding hydrogens is 234 g/mol. The van der Waals surface area contributed by atoms with Gasteiger partial charge < -0.3 is 26.2 Å². The van der Waals surface area contributed by atoms with Gasteiger partial charge in [-0.2, -0.15) is 0 Å². The summed E-state index contributed by atoms with van der Waals surface area (Å²) in [6, 6.07) is 4.96. The number of hydrogen-bond donors (Lipinski definition) is 3. The summed E-state index contributed by atoms with van der Waals surface area (Å²) in [5.41, 5.74) is 12.3. The first-order valence-electron chi connectivity index (χ1n) is 5.52. The maximum Gasteiger partial charge on any atom is 0.248 e. The normalized spacial score (nSPS) is 18.4. The number of anilines is 2. The zero-order valence-electron chi connectivity index (χ0n) is 9.74. The van der Waals surface area contributed by atoms with Crippen LogP contribution in [0.2, 0.25) is 0 Å². The molecule has 5 N–H and O–H groups in total. The van der Waals surface area contributed by atoms with Crippen molar-refractivity contribution >= 4 is 17.3 Å². The van der Waals surface area contributed by atoms with Crippen molar-refractivity contribution in [2.75, 3.05) is 24.6 Å². The third kappa shape index (κ3) is 2.54. The molecule has 0 saturated heterocycles. The summed E-state index contributed by atoms with van der Waals surface area (Å²) < 4.78 is 5.44. The lowest BCUT2D eigenvalue weighted by atomic mass is 10.2. The van der Waals surface area contributed by atoms with Gasteiger partial charge >= 0.3 is 0 Å². The molecule has 0 spiro atoms. The molecule has 6 nitrogen and oxygen atoms in total. The molecule has 0 aromatic heterocycles. The van der Waals surface area contributed by atoms with Crippen LogP contribution in [0.3, 0.4) is 0 Å². The average molecular weight is 249 g/mol. The first-order chi connectivity index (χ1) is 8.58. The van der Waals surface area contributed by atoms with Gasteiger partial charge in [-0.25, -0.2) is 0 Å². The number of carbonyl (C=O) groups excluding carboxylic acids is 1. The SMILES string of the molecule is Nc1ccc(OCCN2C(=O)C=CC2O)c(N)c1. The molecule has 1 unspecified atom stereocenters. The van der Waals surface area contributed by atoms with Crippen molar-refractivity contribution in [3.8, 4) is 5.75 Å². The molecule has 1 amide bonds. The summed E-state index contributed by atoms with van der Waals surface area (Å²) in [6.07, 6.45) is 1.90. The maximum absolute atomic E-state index is 11.3. The summed E-state index contributed by atoms with van der Waals surface area (Å²) in [4.78, 5) is 12.6. The zero-order chi connectivity index (χ0) is 13.1. The van der Waals surface area contributed by atoms with Crippen molar-refractivity contribution in [2.45, 2.75) is 6.23 Å². The Bertz CT molecular complexity index is 487. The van der Waals surface area contributed by atoms with Crippen molar-refractivity contribution < 1.29 is 14.6 Å². The lowest BCUT2D eigenvalue weighted by Crippen LogP contribution is -2.36. The van der Waals surface area contributed by atoms with Crippen LogP contribution in [-0.4, -0.2) is 35.3 Å². The number of rotatable bonds is 4. The highest BCUT2D eigenvalue weighted by molar-refractivity contribution is 5.90. The third-order valence-corrected chi connectivity index (χ3v) is 2.64. The van der Waals surface area contributed by atoms with E-state index >= 15 is 0 Å². The van der Waals surface area contributed by atoms with E-state index < -0.39 is 6.23 Å². The summed E-state index contributed by atoms with van der Waals surface area (Å²) in [6.45, 7) is 0.537. The second-order valence-corrected chi connectivity index (χ2v) is 3.95. The van der Waals surface area contributed by atoms with Gasteiger partial charge in [-0.1, -0.05) is 0 Å². The lowest BCUT2D eigenvalue weighted by Gasteiger charge is -2.20. The molecule has 96 valence electrons. The Hall–Kier alpha value is -2.21. The van der Waals surface area contributed by atoms with Gasteiger partial charge in [0.05, 0.1) is 12.2 Å². The Morgan fingerprint density at radius 1 is 1.39 bits per heavy atom. The van der Waals surface area contributed by atoms with Gasteiger partial charge in [0.25, 0.3) is 0 Å². The van der Waals surface area contributed by atoms with Crippen LogP contribution in [-0.2, 0) is 4.79 Å². The van der Waals surface area contributed by atoms with Gasteiger partial charge in [-0.3, -0.25) is 4.79 Å². The summed E-state index contributed by atoms with van der Waals surface area (Å²) in [5.74, 6) is 0.287. The molecule has 1 aliphatic rings. The number of aliphatic hydroxyl groups is 1. The Balaban J connectivity index is 1.87. The molecule has 0 radical (unpaired) electrons. The number of nitrogens with zero attached hydrogens (tertiary/aromatic N) is 1. The zero-order valence-corrected chi connectivity index (χ0v) is 9.74. The number of carbonyl (C=O) groups is 1. The van der Waals surface area contributed by atoms with Crippen LogP contribution < -0.4 is 16.2 Å². The minimum atomic E-state index is -0.870. The standard InChI is InChI=1S/C12H15N3O3/c13-8-1-2-10(9(14)7-8)18-6-5-15-11(16)3-4-12(15)17/h1-4,7,11,16H,5-6,13-14H2. The van der Waals surface area contributed by atoms with Crippen LogP contribution in [0.15, 0.2) is 30.4 Å². The highest BCUT2D eigenvalue weighted by Gasteiger charge is 2.23. The lowest BCUT2D eigenvalue weighted by molar-refractivity contribution is -0.131. The van der Waals surface area contributed by atoms with Gasteiger partial charge in [0.1, 0.15) is 18.6 Å². The van der Waals surface area contributed by atoms with Crippen molar-refractivity contribution in [1.29, 1.82) is 0 Å². The van der Waals surface area contributed by atoms with Crippen molar-refractivity contribution in [3.63, 3.8) is 0 Å². The van der Waals surface area contributed by atoms with Crippen LogP contribution in [0.1, 0.15) is 0 Å². The summed E-state index contributed by atoms with van der Waals surface area (Å²) in [5, 5.41) is 9.47. The molecule has 1 atom stereocenters. The topological polar surface area (TPSA) is 102 Å². The van der Waals surface area contributed by atoms with Crippen LogP contribution in [0.25, 0.3) is 0 Å². The minimum Gasteiger partial charge on any atom is -0.490 e. The number of ether oxygens (including phenoxy) is 1. The number of nitrogen functional groups attached to an aromatic ring is 2. The molecule has 2 rings (SSSR count). The van der Waals surface area contributed by atoms with Gasteiger partial charge in [0.15, 0.2) is 0 Å². The maximum atomic E-state index is 11.3. The average Bonchev–Trinajstić information content (AvgIpc) is 2.63. The predicted molar refractivity (Wildman–Crippen MR) is 67.6 cm³/mol. The molecule has 0 bridgehead atoms. The number of nitrogens with two attached hydrogens (primary N) is 2. The fraction of sp³-hybridized carbons (Fsp3) is 0.250. The highest BCUT2D eigenvalue weighted by Crippen LogP contribution is 2.23. The molecule has 0 aliphatic carbocycles. The van der Waals surface area contributed by atoms with Gasteiger partial charge in [0.2, 0.25) is 5.91 Å². The number of benzene rings is 1. The second kappa shape index (κ2) is 4.97. The van der Waals surface area contributed by atoms with Gasteiger partial charge in [0, 0.05) is 11.8 Å². The number of amides is 1. The van der Waals surface area contributed by atoms with Crippen LogP contribution in [0, 0.1) is 0 Å². The molecular formula is C12H15N3O3. The van der Waals surface area contributed by atoms with E-state index in [-0.39, 0.29) is 19.1 Å². The molecule has 1 aromatic carbocycles. The van der Waals surface area contributed by atoms with E-state index in [0.717, 1.165) is 0 Å². The van der Waals surface area contributed by atoms with Gasteiger partial charge in [-0.05, 0) is 24.3 Å². The molecule has 1 heterocycles. The minimum absolute atomic E-state index is 0.226. The fourth-order valence-corrected chi connectivity index (χ4v) is 1.69. The molecule has 0 fully saturated rings. The first kappa shape index (κ1) is 12.3.